The highest BCUT2D eigenvalue weighted by Crippen LogP contribution is 2.14. The first-order valence-electron chi connectivity index (χ1n) is 9.85. The molecule has 160 valence electrons. The van der Waals surface area contributed by atoms with Crippen molar-refractivity contribution in [3.63, 3.8) is 0 Å². The lowest BCUT2D eigenvalue weighted by molar-refractivity contribution is -0.178. The summed E-state index contributed by atoms with van der Waals surface area (Å²) in [5.41, 5.74) is 2.24. The molecule has 0 aliphatic carbocycles. The van der Waals surface area contributed by atoms with Crippen LogP contribution in [0.25, 0.3) is 11.2 Å². The van der Waals surface area contributed by atoms with Gasteiger partial charge in [-0.3, -0.25) is 14.7 Å². The Kier molecular flexibility index (Phi) is 7.83. The van der Waals surface area contributed by atoms with Gasteiger partial charge in [0.25, 0.3) is 0 Å². The molecular weight excluding hydrogens is 386 g/mol. The topological polar surface area (TPSA) is 100 Å². The fourth-order valence-electron chi connectivity index (χ4n) is 2.71. The number of carbonyl (C=O) groups excluding carboxylic acids is 1. The zero-order valence-electron chi connectivity index (χ0n) is 17.4. The highest BCUT2D eigenvalue weighted by molar-refractivity contribution is 5.87. The number of nitrogens with one attached hydrogen (secondary N) is 1. The summed E-state index contributed by atoms with van der Waals surface area (Å²) in [6, 6.07) is 9.92. The number of rotatable bonds is 11. The number of ether oxygens (including phenoxy) is 3. The molecule has 3 aromatic rings. The molecule has 1 aromatic carbocycles. The second kappa shape index (κ2) is 10.8. The Morgan fingerprint density at radius 1 is 1.13 bits per heavy atom. The number of imidazole rings is 1. The van der Waals surface area contributed by atoms with Crippen molar-refractivity contribution in [2.75, 3.05) is 11.9 Å². The Balaban J connectivity index is 1.65. The fourth-order valence-corrected chi connectivity index (χ4v) is 2.71. The van der Waals surface area contributed by atoms with Crippen molar-refractivity contribution >= 4 is 23.0 Å². The summed E-state index contributed by atoms with van der Waals surface area (Å²) in [6.45, 7) is 6.54. The van der Waals surface area contributed by atoms with Crippen molar-refractivity contribution in [1.29, 1.82) is 0 Å². The third-order valence-corrected chi connectivity index (χ3v) is 4.13. The molecule has 3 rings (SSSR count). The van der Waals surface area contributed by atoms with Crippen LogP contribution in [-0.4, -0.2) is 44.4 Å². The van der Waals surface area contributed by atoms with Crippen LogP contribution in [0, 0.1) is 0 Å². The van der Waals surface area contributed by atoms with Gasteiger partial charge in [-0.15, -0.1) is 0 Å². The highest BCUT2D eigenvalue weighted by Gasteiger charge is 2.13. The van der Waals surface area contributed by atoms with E-state index >= 15 is 0 Å². The summed E-state index contributed by atoms with van der Waals surface area (Å²) in [6.07, 6.45) is 3.45. The van der Waals surface area contributed by atoms with E-state index in [0.717, 1.165) is 5.56 Å². The Hall–Kier alpha value is -2.88. The predicted molar refractivity (Wildman–Crippen MR) is 111 cm³/mol. The fraction of sp³-hybridized carbons (Fsp3) is 0.429. The standard InChI is InChI=1S/C21H27N5O4/c1-15(2)28-10-9-19(29-12-17-7-5-4-6-8-17)30-14-26-13-23-18-11-22-21(24-16(3)27)25-20(18)26/h4-8,11,13,15,19H,9-10,12,14H2,1-3H3,(H,22,24,25,27). The first-order valence-corrected chi connectivity index (χ1v) is 9.85. The summed E-state index contributed by atoms with van der Waals surface area (Å²) in [4.78, 5) is 24.0. The van der Waals surface area contributed by atoms with Crippen LogP contribution < -0.4 is 5.32 Å². The number of hydrogen-bond donors (Lipinski definition) is 1. The van der Waals surface area contributed by atoms with Crippen LogP contribution in [0.1, 0.15) is 32.8 Å². The SMILES string of the molecule is CC(=O)Nc1ncc2ncn(COC(CCOC(C)C)OCc3ccccc3)c2n1. The van der Waals surface area contributed by atoms with Gasteiger partial charge in [-0.25, -0.2) is 9.97 Å². The first kappa shape index (κ1) is 21.8. The van der Waals surface area contributed by atoms with Gasteiger partial charge < -0.3 is 14.2 Å². The normalized spacial score (nSPS) is 12.4. The van der Waals surface area contributed by atoms with E-state index in [2.05, 4.69) is 20.3 Å². The molecule has 0 aliphatic heterocycles. The average Bonchev–Trinajstić information content (AvgIpc) is 3.12. The number of carbonyl (C=O) groups is 1. The van der Waals surface area contributed by atoms with Crippen molar-refractivity contribution in [3.8, 4) is 0 Å². The molecule has 0 spiro atoms. The summed E-state index contributed by atoms with van der Waals surface area (Å²) < 4.78 is 19.3. The van der Waals surface area contributed by atoms with E-state index in [1.807, 2.05) is 44.2 Å². The minimum atomic E-state index is -0.460. The van der Waals surface area contributed by atoms with E-state index in [1.165, 1.54) is 6.92 Å². The van der Waals surface area contributed by atoms with Crippen molar-refractivity contribution in [2.24, 2.45) is 0 Å². The zero-order chi connectivity index (χ0) is 21.3. The lowest BCUT2D eigenvalue weighted by Crippen LogP contribution is -2.22. The molecule has 0 bridgehead atoms. The number of anilines is 1. The third kappa shape index (κ3) is 6.58. The smallest absolute Gasteiger partial charge is 0.231 e. The number of nitrogens with zero attached hydrogens (tertiary/aromatic N) is 4. The summed E-state index contributed by atoms with van der Waals surface area (Å²) in [5.74, 6) is -0.0184. The quantitative estimate of drug-likeness (QED) is 0.482. The Morgan fingerprint density at radius 2 is 1.93 bits per heavy atom. The predicted octanol–water partition coefficient (Wildman–Crippen LogP) is 3.12. The van der Waals surface area contributed by atoms with E-state index in [0.29, 0.717) is 30.8 Å². The maximum Gasteiger partial charge on any atom is 0.231 e. The summed E-state index contributed by atoms with van der Waals surface area (Å²) in [7, 11) is 0. The lowest BCUT2D eigenvalue weighted by Gasteiger charge is -2.20. The second-order valence-corrected chi connectivity index (χ2v) is 7.03. The van der Waals surface area contributed by atoms with E-state index in [1.54, 1.807) is 17.1 Å². The van der Waals surface area contributed by atoms with Gasteiger partial charge in [-0.1, -0.05) is 30.3 Å². The summed E-state index contributed by atoms with van der Waals surface area (Å²) in [5, 5.41) is 2.57. The minimum Gasteiger partial charge on any atom is -0.379 e. The molecule has 0 radical (unpaired) electrons. The lowest BCUT2D eigenvalue weighted by atomic mass is 10.2. The zero-order valence-corrected chi connectivity index (χ0v) is 17.4. The Labute approximate surface area is 175 Å². The van der Waals surface area contributed by atoms with Gasteiger partial charge in [0.1, 0.15) is 12.2 Å². The number of benzene rings is 1. The van der Waals surface area contributed by atoms with Crippen molar-refractivity contribution in [3.05, 3.63) is 48.4 Å². The van der Waals surface area contributed by atoms with E-state index < -0.39 is 6.29 Å². The first-order chi connectivity index (χ1) is 14.5. The molecule has 1 amide bonds. The van der Waals surface area contributed by atoms with Gasteiger partial charge >= 0.3 is 0 Å². The molecule has 1 atom stereocenters. The second-order valence-electron chi connectivity index (χ2n) is 7.03. The highest BCUT2D eigenvalue weighted by atomic mass is 16.7. The van der Waals surface area contributed by atoms with Gasteiger partial charge in [-0.2, -0.15) is 4.98 Å². The third-order valence-electron chi connectivity index (χ3n) is 4.13. The monoisotopic (exact) mass is 413 g/mol. The molecule has 1 unspecified atom stereocenters. The molecular formula is C21H27N5O4. The van der Waals surface area contributed by atoms with Gasteiger partial charge in [0.2, 0.25) is 11.9 Å². The van der Waals surface area contributed by atoms with Crippen LogP contribution in [0.3, 0.4) is 0 Å². The molecule has 9 heteroatoms. The molecule has 1 N–H and O–H groups in total. The van der Waals surface area contributed by atoms with E-state index in [-0.39, 0.29) is 24.7 Å². The Bertz CT molecular complexity index is 945. The molecule has 9 nitrogen and oxygen atoms in total. The summed E-state index contributed by atoms with van der Waals surface area (Å²) >= 11 is 0. The number of fused-ring (bicyclic) bond motifs is 1. The number of hydrogen-bond acceptors (Lipinski definition) is 7. The van der Waals surface area contributed by atoms with Crippen molar-refractivity contribution < 1.29 is 19.0 Å². The molecule has 2 aromatic heterocycles. The van der Waals surface area contributed by atoms with Gasteiger partial charge in [0, 0.05) is 13.3 Å². The number of aromatic nitrogens is 4. The van der Waals surface area contributed by atoms with Crippen LogP contribution in [0.15, 0.2) is 42.9 Å². The Morgan fingerprint density at radius 3 is 2.67 bits per heavy atom. The van der Waals surface area contributed by atoms with Crippen LogP contribution >= 0.6 is 0 Å². The van der Waals surface area contributed by atoms with Crippen molar-refractivity contribution in [1.82, 2.24) is 19.5 Å². The van der Waals surface area contributed by atoms with E-state index in [9.17, 15) is 4.79 Å². The maximum atomic E-state index is 11.3. The van der Waals surface area contributed by atoms with Gasteiger partial charge in [-0.05, 0) is 19.4 Å². The van der Waals surface area contributed by atoms with E-state index in [4.69, 9.17) is 14.2 Å². The van der Waals surface area contributed by atoms with Crippen molar-refractivity contribution in [2.45, 2.75) is 52.9 Å². The van der Waals surface area contributed by atoms with Gasteiger partial charge in [0.05, 0.1) is 31.8 Å². The maximum absolute atomic E-state index is 11.3. The average molecular weight is 413 g/mol. The molecule has 0 saturated heterocycles. The largest absolute Gasteiger partial charge is 0.379 e. The minimum absolute atomic E-state index is 0.140. The van der Waals surface area contributed by atoms with Crippen LogP contribution in [0.4, 0.5) is 5.95 Å². The van der Waals surface area contributed by atoms with Gasteiger partial charge in [0.15, 0.2) is 11.9 Å². The van der Waals surface area contributed by atoms with Crippen LogP contribution in [0.2, 0.25) is 0 Å². The van der Waals surface area contributed by atoms with Crippen LogP contribution in [-0.2, 0) is 32.3 Å². The molecule has 0 fully saturated rings. The molecule has 30 heavy (non-hydrogen) atoms. The molecule has 2 heterocycles. The molecule has 0 aliphatic rings. The number of amides is 1. The molecule has 0 saturated carbocycles. The van der Waals surface area contributed by atoms with Crippen LogP contribution in [0.5, 0.6) is 0 Å².